The van der Waals surface area contributed by atoms with Crippen molar-refractivity contribution >= 4 is 11.6 Å². The van der Waals surface area contributed by atoms with E-state index in [-0.39, 0.29) is 11.7 Å². The molecule has 0 saturated carbocycles. The van der Waals surface area contributed by atoms with Gasteiger partial charge in [-0.25, -0.2) is 5.43 Å². The van der Waals surface area contributed by atoms with E-state index in [2.05, 4.69) is 20.7 Å². The standard InChI is InChI=1S/C19H18N4O2/c1-12-17(15-6-4-3-5-7-15)21-22-18(12)19(25)23-20-13(2)14-8-10-16(24)11-9-14/h3-11,24H,1-2H3,(H,21,22)(H,23,25)/b20-13-. The van der Waals surface area contributed by atoms with Crippen molar-refractivity contribution in [2.24, 2.45) is 5.10 Å². The Balaban J connectivity index is 1.77. The molecule has 3 N–H and O–H groups in total. The van der Waals surface area contributed by atoms with Gasteiger partial charge in [-0.15, -0.1) is 0 Å². The van der Waals surface area contributed by atoms with E-state index in [4.69, 9.17) is 0 Å². The number of aromatic hydroxyl groups is 1. The summed E-state index contributed by atoms with van der Waals surface area (Å²) in [4.78, 5) is 12.4. The second-order valence-corrected chi connectivity index (χ2v) is 5.62. The van der Waals surface area contributed by atoms with Crippen LogP contribution in [0.4, 0.5) is 0 Å². The van der Waals surface area contributed by atoms with Crippen LogP contribution in [0, 0.1) is 6.92 Å². The smallest absolute Gasteiger partial charge is 0.289 e. The first-order valence-electron chi connectivity index (χ1n) is 7.80. The highest BCUT2D eigenvalue weighted by Gasteiger charge is 2.16. The molecule has 2 aromatic carbocycles. The minimum absolute atomic E-state index is 0.183. The summed E-state index contributed by atoms with van der Waals surface area (Å²) in [5.74, 6) is -0.174. The SMILES string of the molecule is C/C(=N/NC(=O)c1[nH]nc(-c2ccccc2)c1C)c1ccc(O)cc1. The lowest BCUT2D eigenvalue weighted by molar-refractivity contribution is 0.0949. The molecular formula is C19H18N4O2. The summed E-state index contributed by atoms with van der Waals surface area (Å²) < 4.78 is 0. The number of hydrazone groups is 1. The Morgan fingerprint density at radius 3 is 2.48 bits per heavy atom. The molecule has 126 valence electrons. The van der Waals surface area contributed by atoms with Crippen LogP contribution < -0.4 is 5.43 Å². The molecule has 1 aromatic heterocycles. The molecule has 0 atom stereocenters. The fraction of sp³-hybridized carbons (Fsp3) is 0.105. The number of aromatic nitrogens is 2. The van der Waals surface area contributed by atoms with Gasteiger partial charge in [-0.3, -0.25) is 9.89 Å². The van der Waals surface area contributed by atoms with Crippen LogP contribution in [0.15, 0.2) is 59.7 Å². The van der Waals surface area contributed by atoms with Gasteiger partial charge >= 0.3 is 0 Å². The van der Waals surface area contributed by atoms with Crippen molar-refractivity contribution in [3.05, 3.63) is 71.4 Å². The van der Waals surface area contributed by atoms with Crippen molar-refractivity contribution in [3.8, 4) is 17.0 Å². The number of H-pyrrole nitrogens is 1. The summed E-state index contributed by atoms with van der Waals surface area (Å²) in [6, 6.07) is 16.3. The molecule has 1 amide bonds. The summed E-state index contributed by atoms with van der Waals surface area (Å²) in [7, 11) is 0. The van der Waals surface area contributed by atoms with Gasteiger partial charge in [0, 0.05) is 11.1 Å². The number of aromatic amines is 1. The number of nitrogens with zero attached hydrogens (tertiary/aromatic N) is 2. The summed E-state index contributed by atoms with van der Waals surface area (Å²) in [6.07, 6.45) is 0. The maximum atomic E-state index is 12.4. The number of hydrogen-bond acceptors (Lipinski definition) is 4. The van der Waals surface area contributed by atoms with E-state index < -0.39 is 0 Å². The molecule has 0 aliphatic rings. The molecule has 0 fully saturated rings. The first-order chi connectivity index (χ1) is 12.1. The van der Waals surface area contributed by atoms with Crippen LogP contribution in [0.2, 0.25) is 0 Å². The van der Waals surface area contributed by atoms with Gasteiger partial charge in [0.05, 0.1) is 11.4 Å². The van der Waals surface area contributed by atoms with Crippen molar-refractivity contribution < 1.29 is 9.90 Å². The fourth-order valence-electron chi connectivity index (χ4n) is 2.45. The third-order valence-electron chi connectivity index (χ3n) is 3.89. The lowest BCUT2D eigenvalue weighted by Gasteiger charge is -2.03. The van der Waals surface area contributed by atoms with E-state index in [0.29, 0.717) is 11.4 Å². The lowest BCUT2D eigenvalue weighted by atomic mass is 10.1. The van der Waals surface area contributed by atoms with Crippen LogP contribution >= 0.6 is 0 Å². The van der Waals surface area contributed by atoms with Crippen molar-refractivity contribution in [1.29, 1.82) is 0 Å². The highest BCUT2D eigenvalue weighted by Crippen LogP contribution is 2.22. The third-order valence-corrected chi connectivity index (χ3v) is 3.89. The Morgan fingerprint density at radius 1 is 1.12 bits per heavy atom. The van der Waals surface area contributed by atoms with Crippen molar-refractivity contribution in [1.82, 2.24) is 15.6 Å². The number of carbonyl (C=O) groups is 1. The molecule has 6 nitrogen and oxygen atoms in total. The monoisotopic (exact) mass is 334 g/mol. The molecule has 0 saturated heterocycles. The van der Waals surface area contributed by atoms with Gasteiger partial charge in [0.25, 0.3) is 5.91 Å². The first-order valence-corrected chi connectivity index (χ1v) is 7.80. The predicted molar refractivity (Wildman–Crippen MR) is 96.5 cm³/mol. The van der Waals surface area contributed by atoms with E-state index in [1.165, 1.54) is 0 Å². The minimum atomic E-state index is -0.356. The molecule has 0 aliphatic heterocycles. The number of phenolic OH excluding ortho intramolecular Hbond substituents is 1. The number of carbonyl (C=O) groups excluding carboxylic acids is 1. The zero-order chi connectivity index (χ0) is 17.8. The maximum absolute atomic E-state index is 12.4. The average Bonchev–Trinajstić information content (AvgIpc) is 3.02. The molecule has 6 heteroatoms. The number of rotatable bonds is 4. The van der Waals surface area contributed by atoms with E-state index in [1.54, 1.807) is 31.2 Å². The highest BCUT2D eigenvalue weighted by molar-refractivity contribution is 6.01. The predicted octanol–water partition coefficient (Wildman–Crippen LogP) is 3.24. The number of phenols is 1. The Morgan fingerprint density at radius 2 is 1.80 bits per heavy atom. The molecule has 1 heterocycles. The molecule has 0 aliphatic carbocycles. The summed E-state index contributed by atoms with van der Waals surface area (Å²) >= 11 is 0. The van der Waals surface area contributed by atoms with Crippen molar-refractivity contribution in [2.45, 2.75) is 13.8 Å². The van der Waals surface area contributed by atoms with E-state index in [9.17, 15) is 9.90 Å². The van der Waals surface area contributed by atoms with Crippen LogP contribution in [0.5, 0.6) is 5.75 Å². The average molecular weight is 334 g/mol. The zero-order valence-corrected chi connectivity index (χ0v) is 13.9. The molecule has 3 aromatic rings. The van der Waals surface area contributed by atoms with Gasteiger partial charge in [0.15, 0.2) is 0 Å². The van der Waals surface area contributed by atoms with E-state index in [1.807, 2.05) is 37.3 Å². The largest absolute Gasteiger partial charge is 0.508 e. The van der Waals surface area contributed by atoms with Gasteiger partial charge in [0.1, 0.15) is 11.4 Å². The number of amides is 1. The molecule has 0 radical (unpaired) electrons. The zero-order valence-electron chi connectivity index (χ0n) is 13.9. The van der Waals surface area contributed by atoms with Crippen LogP contribution in [-0.2, 0) is 0 Å². The summed E-state index contributed by atoms with van der Waals surface area (Å²) in [5.41, 5.74) is 6.80. The Kier molecular flexibility index (Phi) is 4.61. The summed E-state index contributed by atoms with van der Waals surface area (Å²) in [5, 5.41) is 20.4. The molecule has 3 rings (SSSR count). The van der Waals surface area contributed by atoms with Gasteiger partial charge < -0.3 is 5.11 Å². The van der Waals surface area contributed by atoms with Gasteiger partial charge in [-0.1, -0.05) is 30.3 Å². The molecule has 0 unspecified atom stereocenters. The number of hydrogen-bond donors (Lipinski definition) is 3. The Labute approximate surface area is 145 Å². The van der Waals surface area contributed by atoms with Gasteiger partial charge in [-0.05, 0) is 43.7 Å². The minimum Gasteiger partial charge on any atom is -0.508 e. The van der Waals surface area contributed by atoms with Crippen molar-refractivity contribution in [3.63, 3.8) is 0 Å². The van der Waals surface area contributed by atoms with E-state index >= 15 is 0 Å². The normalized spacial score (nSPS) is 11.4. The van der Waals surface area contributed by atoms with E-state index in [0.717, 1.165) is 22.4 Å². The van der Waals surface area contributed by atoms with Crippen LogP contribution in [-0.4, -0.2) is 26.9 Å². The third kappa shape index (κ3) is 3.58. The van der Waals surface area contributed by atoms with Crippen LogP contribution in [0.3, 0.4) is 0 Å². The second kappa shape index (κ2) is 7.00. The highest BCUT2D eigenvalue weighted by atomic mass is 16.3. The maximum Gasteiger partial charge on any atom is 0.289 e. The first kappa shape index (κ1) is 16.4. The summed E-state index contributed by atoms with van der Waals surface area (Å²) in [6.45, 7) is 3.62. The molecule has 0 bridgehead atoms. The molecule has 0 spiro atoms. The topological polar surface area (TPSA) is 90.4 Å². The fourth-order valence-corrected chi connectivity index (χ4v) is 2.45. The molecular weight excluding hydrogens is 316 g/mol. The Hall–Kier alpha value is -3.41. The molecule has 25 heavy (non-hydrogen) atoms. The van der Waals surface area contributed by atoms with Crippen molar-refractivity contribution in [2.75, 3.05) is 0 Å². The number of nitrogens with one attached hydrogen (secondary N) is 2. The quantitative estimate of drug-likeness (QED) is 0.505. The van der Waals surface area contributed by atoms with Crippen LogP contribution in [0.1, 0.15) is 28.5 Å². The Bertz CT molecular complexity index is 912. The van der Waals surface area contributed by atoms with Gasteiger partial charge in [-0.2, -0.15) is 10.2 Å². The number of benzene rings is 2. The lowest BCUT2D eigenvalue weighted by Crippen LogP contribution is -2.20. The van der Waals surface area contributed by atoms with Crippen LogP contribution in [0.25, 0.3) is 11.3 Å². The van der Waals surface area contributed by atoms with Gasteiger partial charge in [0.2, 0.25) is 0 Å². The second-order valence-electron chi connectivity index (χ2n) is 5.62.